The maximum absolute atomic E-state index is 10.8. The highest BCUT2D eigenvalue weighted by molar-refractivity contribution is 7.80. The highest BCUT2D eigenvalue weighted by atomic mass is 32.1. The second-order valence-corrected chi connectivity index (χ2v) is 3.67. The molecule has 1 aromatic carbocycles. The lowest BCUT2D eigenvalue weighted by molar-refractivity contribution is 0.0693. The molecule has 14 heavy (non-hydrogen) atoms. The lowest BCUT2D eigenvalue weighted by atomic mass is 10.1. The summed E-state index contributed by atoms with van der Waals surface area (Å²) in [7, 11) is 0. The van der Waals surface area contributed by atoms with Crippen LogP contribution in [0.3, 0.4) is 0 Å². The van der Waals surface area contributed by atoms with Gasteiger partial charge >= 0.3 is 5.97 Å². The van der Waals surface area contributed by atoms with Crippen molar-refractivity contribution < 1.29 is 9.90 Å². The third-order valence-electron chi connectivity index (χ3n) is 2.15. The summed E-state index contributed by atoms with van der Waals surface area (Å²) < 4.78 is 0. The third kappa shape index (κ3) is 2.51. The summed E-state index contributed by atoms with van der Waals surface area (Å²) in [6, 6.07) is 5.29. The summed E-state index contributed by atoms with van der Waals surface area (Å²) in [6.07, 6.45) is 3.07. The van der Waals surface area contributed by atoms with Crippen LogP contribution in [0.5, 0.6) is 0 Å². The van der Waals surface area contributed by atoms with Gasteiger partial charge in [0.25, 0.3) is 0 Å². The second-order valence-electron chi connectivity index (χ2n) is 3.22. The quantitative estimate of drug-likeness (QED) is 0.749. The van der Waals surface area contributed by atoms with Gasteiger partial charge in [-0.05, 0) is 24.5 Å². The van der Waals surface area contributed by atoms with Crippen molar-refractivity contribution in [2.45, 2.75) is 31.1 Å². The summed E-state index contributed by atoms with van der Waals surface area (Å²) in [5, 5.41) is 8.87. The molecular formula is C11H14O2S. The molecule has 0 amide bonds. The molecule has 0 spiro atoms. The van der Waals surface area contributed by atoms with Crippen LogP contribution in [-0.4, -0.2) is 11.1 Å². The Morgan fingerprint density at radius 1 is 1.50 bits per heavy atom. The number of hydrogen-bond acceptors (Lipinski definition) is 2. The number of hydrogen-bond donors (Lipinski definition) is 2. The van der Waals surface area contributed by atoms with Crippen LogP contribution in [-0.2, 0) is 6.42 Å². The minimum absolute atomic E-state index is 0.293. The zero-order valence-electron chi connectivity index (χ0n) is 8.16. The van der Waals surface area contributed by atoms with Gasteiger partial charge in [0.1, 0.15) is 0 Å². The number of unbranched alkanes of at least 4 members (excludes halogenated alkanes) is 1. The van der Waals surface area contributed by atoms with E-state index in [4.69, 9.17) is 5.11 Å². The molecule has 0 bridgehead atoms. The van der Waals surface area contributed by atoms with E-state index < -0.39 is 5.97 Å². The predicted molar refractivity (Wildman–Crippen MR) is 59.3 cm³/mol. The molecule has 0 saturated heterocycles. The maximum atomic E-state index is 10.8. The monoisotopic (exact) mass is 210 g/mol. The number of thiol groups is 1. The van der Waals surface area contributed by atoms with Gasteiger partial charge in [0.2, 0.25) is 0 Å². The van der Waals surface area contributed by atoms with E-state index in [1.54, 1.807) is 12.1 Å². The van der Waals surface area contributed by atoms with E-state index in [1.165, 1.54) is 0 Å². The van der Waals surface area contributed by atoms with Gasteiger partial charge in [-0.1, -0.05) is 25.5 Å². The normalized spacial score (nSPS) is 10.1. The highest BCUT2D eigenvalue weighted by Gasteiger charge is 2.09. The van der Waals surface area contributed by atoms with Gasteiger partial charge < -0.3 is 5.11 Å². The molecule has 0 heterocycles. The van der Waals surface area contributed by atoms with Crippen molar-refractivity contribution in [3.8, 4) is 0 Å². The third-order valence-corrected chi connectivity index (χ3v) is 2.68. The summed E-state index contributed by atoms with van der Waals surface area (Å²) >= 11 is 4.24. The van der Waals surface area contributed by atoms with Crippen LogP contribution >= 0.6 is 12.6 Å². The number of carbonyl (C=O) groups is 1. The van der Waals surface area contributed by atoms with E-state index in [2.05, 4.69) is 19.6 Å². The smallest absolute Gasteiger partial charge is 0.336 e. The van der Waals surface area contributed by atoms with Gasteiger partial charge in [-0.2, -0.15) is 0 Å². The molecule has 0 unspecified atom stereocenters. The molecule has 1 N–H and O–H groups in total. The topological polar surface area (TPSA) is 37.3 Å². The van der Waals surface area contributed by atoms with Gasteiger partial charge in [-0.3, -0.25) is 0 Å². The fraction of sp³-hybridized carbons (Fsp3) is 0.364. The van der Waals surface area contributed by atoms with E-state index in [0.717, 1.165) is 24.8 Å². The Bertz CT molecular complexity index is 334. The first kappa shape index (κ1) is 11.1. The first-order valence-electron chi connectivity index (χ1n) is 4.71. The van der Waals surface area contributed by atoms with E-state index in [1.807, 2.05) is 6.07 Å². The van der Waals surface area contributed by atoms with E-state index in [9.17, 15) is 4.79 Å². The van der Waals surface area contributed by atoms with Crippen molar-refractivity contribution >= 4 is 18.6 Å². The number of aryl methyl sites for hydroxylation is 1. The summed E-state index contributed by atoms with van der Waals surface area (Å²) in [6.45, 7) is 2.11. The molecule has 0 aliphatic heterocycles. The Balaban J connectivity index is 2.95. The molecular weight excluding hydrogens is 196 g/mol. The number of carboxylic acid groups (broad SMARTS) is 1. The van der Waals surface area contributed by atoms with Gasteiger partial charge in [0.15, 0.2) is 0 Å². The molecule has 0 aliphatic rings. The molecule has 0 atom stereocenters. The Kier molecular flexibility index (Phi) is 4.01. The molecule has 2 nitrogen and oxygen atoms in total. The van der Waals surface area contributed by atoms with Crippen LogP contribution in [0, 0.1) is 0 Å². The van der Waals surface area contributed by atoms with Gasteiger partial charge in [-0.25, -0.2) is 4.79 Å². The highest BCUT2D eigenvalue weighted by Crippen LogP contribution is 2.20. The van der Waals surface area contributed by atoms with Gasteiger partial charge in [0.05, 0.1) is 5.56 Å². The molecule has 1 rings (SSSR count). The molecule has 0 aliphatic carbocycles. The second kappa shape index (κ2) is 5.05. The minimum atomic E-state index is -0.909. The van der Waals surface area contributed by atoms with E-state index in [-0.39, 0.29) is 0 Å². The molecule has 76 valence electrons. The first-order chi connectivity index (χ1) is 6.66. The van der Waals surface area contributed by atoms with Crippen LogP contribution in [0.25, 0.3) is 0 Å². The van der Waals surface area contributed by atoms with Crippen molar-refractivity contribution in [1.82, 2.24) is 0 Å². The van der Waals surface area contributed by atoms with E-state index >= 15 is 0 Å². The summed E-state index contributed by atoms with van der Waals surface area (Å²) in [5.74, 6) is -0.909. The zero-order valence-corrected chi connectivity index (χ0v) is 9.05. The Labute approximate surface area is 89.4 Å². The van der Waals surface area contributed by atoms with Crippen molar-refractivity contribution in [3.05, 3.63) is 29.3 Å². The standard InChI is InChI=1S/C11H14O2S/c1-2-3-5-8-6-4-7-9(10(8)14)11(12)13/h4,6-7,14H,2-3,5H2,1H3,(H,12,13). The maximum Gasteiger partial charge on any atom is 0.336 e. The number of carboxylic acids is 1. The lowest BCUT2D eigenvalue weighted by Crippen LogP contribution is -2.00. The molecule has 3 heteroatoms. The van der Waals surface area contributed by atoms with Crippen LogP contribution < -0.4 is 0 Å². The molecule has 0 saturated carbocycles. The fourth-order valence-electron chi connectivity index (χ4n) is 1.33. The van der Waals surface area contributed by atoms with Crippen LogP contribution in [0.4, 0.5) is 0 Å². The van der Waals surface area contributed by atoms with Crippen molar-refractivity contribution in [3.63, 3.8) is 0 Å². The average molecular weight is 210 g/mol. The molecule has 0 fully saturated rings. The minimum Gasteiger partial charge on any atom is -0.478 e. The fourth-order valence-corrected chi connectivity index (χ4v) is 1.69. The first-order valence-corrected chi connectivity index (χ1v) is 5.15. The van der Waals surface area contributed by atoms with Gasteiger partial charge in [0, 0.05) is 4.90 Å². The number of benzene rings is 1. The molecule has 0 radical (unpaired) electrons. The van der Waals surface area contributed by atoms with Crippen LogP contribution in [0.2, 0.25) is 0 Å². The Hall–Kier alpha value is -0.960. The van der Waals surface area contributed by atoms with Crippen molar-refractivity contribution in [1.29, 1.82) is 0 Å². The molecule has 0 aromatic heterocycles. The number of rotatable bonds is 4. The summed E-state index contributed by atoms with van der Waals surface area (Å²) in [5.41, 5.74) is 1.32. The summed E-state index contributed by atoms with van der Waals surface area (Å²) in [4.78, 5) is 11.4. The van der Waals surface area contributed by atoms with Crippen molar-refractivity contribution in [2.75, 3.05) is 0 Å². The van der Waals surface area contributed by atoms with Crippen LogP contribution in [0.1, 0.15) is 35.7 Å². The average Bonchev–Trinajstić information content (AvgIpc) is 2.16. The van der Waals surface area contributed by atoms with Gasteiger partial charge in [-0.15, -0.1) is 12.6 Å². The predicted octanol–water partition coefficient (Wildman–Crippen LogP) is 3.02. The zero-order chi connectivity index (χ0) is 10.6. The molecule has 1 aromatic rings. The Morgan fingerprint density at radius 2 is 2.21 bits per heavy atom. The number of aromatic carboxylic acids is 1. The van der Waals surface area contributed by atoms with Crippen LogP contribution in [0.15, 0.2) is 23.1 Å². The SMILES string of the molecule is CCCCc1cccc(C(=O)O)c1S. The Morgan fingerprint density at radius 3 is 2.79 bits per heavy atom. The van der Waals surface area contributed by atoms with E-state index in [0.29, 0.717) is 10.5 Å². The largest absolute Gasteiger partial charge is 0.478 e. The van der Waals surface area contributed by atoms with Crippen molar-refractivity contribution in [2.24, 2.45) is 0 Å². The lowest BCUT2D eigenvalue weighted by Gasteiger charge is -2.06.